The highest BCUT2D eigenvalue weighted by molar-refractivity contribution is 5.89. The minimum atomic E-state index is -0.339. The summed E-state index contributed by atoms with van der Waals surface area (Å²) in [4.78, 5) is 11.5. The van der Waals surface area contributed by atoms with E-state index >= 15 is 0 Å². The van der Waals surface area contributed by atoms with Crippen LogP contribution in [0.3, 0.4) is 0 Å². The van der Waals surface area contributed by atoms with Crippen LogP contribution in [0.15, 0.2) is 35.0 Å². The highest BCUT2D eigenvalue weighted by Gasteiger charge is 2.16. The average molecular weight is 263 g/mol. The zero-order valence-corrected chi connectivity index (χ0v) is 10.8. The second-order valence-corrected chi connectivity index (χ2v) is 3.67. The zero-order valence-electron chi connectivity index (χ0n) is 10.8. The van der Waals surface area contributed by atoms with Crippen molar-refractivity contribution in [2.45, 2.75) is 13.8 Å². The summed E-state index contributed by atoms with van der Waals surface area (Å²) in [6, 6.07) is 6.86. The van der Waals surface area contributed by atoms with Gasteiger partial charge in [0.05, 0.1) is 18.8 Å². The number of rotatable bonds is 5. The molecule has 100 valence electrons. The minimum Gasteiger partial charge on any atom is -0.462 e. The summed E-state index contributed by atoms with van der Waals surface area (Å²) in [5, 5.41) is 3.82. The van der Waals surface area contributed by atoms with Crippen LogP contribution in [0.1, 0.15) is 24.2 Å². The summed E-state index contributed by atoms with van der Waals surface area (Å²) in [6.07, 6.45) is 1.63. The molecule has 0 spiro atoms. The molecule has 0 N–H and O–H groups in total. The number of hydrogen-bond donors (Lipinski definition) is 0. The molecule has 0 amide bonds. The van der Waals surface area contributed by atoms with E-state index in [1.807, 2.05) is 6.92 Å². The Hall–Kier alpha value is -2.37. The lowest BCUT2D eigenvalue weighted by Crippen LogP contribution is -2.31. The van der Waals surface area contributed by atoms with E-state index in [1.54, 1.807) is 37.4 Å². The Morgan fingerprint density at radius 1 is 1.26 bits per heavy atom. The predicted octanol–water partition coefficient (Wildman–Crippen LogP) is 1.53. The molecule has 6 heteroatoms. The van der Waals surface area contributed by atoms with Crippen LogP contribution >= 0.6 is 0 Å². The Morgan fingerprint density at radius 3 is 2.63 bits per heavy atom. The van der Waals surface area contributed by atoms with Crippen LogP contribution in [0, 0.1) is 0 Å². The fourth-order valence-corrected chi connectivity index (χ4v) is 1.52. The number of aromatic nitrogens is 2. The van der Waals surface area contributed by atoms with Crippen molar-refractivity contribution < 1.29 is 23.5 Å². The van der Waals surface area contributed by atoms with Gasteiger partial charge in [-0.15, -0.1) is 0 Å². The maximum Gasteiger partial charge on any atom is 0.383 e. The van der Waals surface area contributed by atoms with Gasteiger partial charge in [0.1, 0.15) is 0 Å². The highest BCUT2D eigenvalue weighted by Crippen LogP contribution is 2.09. The van der Waals surface area contributed by atoms with Gasteiger partial charge in [-0.05, 0) is 30.7 Å². The number of hydrogen-bond acceptors (Lipinski definition) is 5. The second-order valence-electron chi connectivity index (χ2n) is 3.67. The van der Waals surface area contributed by atoms with Gasteiger partial charge in [0, 0.05) is 12.1 Å². The van der Waals surface area contributed by atoms with Crippen LogP contribution in [0.5, 0.6) is 5.95 Å². The number of carbonyl (C=O) groups is 1. The van der Waals surface area contributed by atoms with Gasteiger partial charge in [-0.2, -0.15) is 0 Å². The van der Waals surface area contributed by atoms with Gasteiger partial charge in [-0.25, -0.2) is 4.79 Å². The van der Waals surface area contributed by atoms with Crippen molar-refractivity contribution in [1.29, 1.82) is 0 Å². The minimum absolute atomic E-state index is 0.339. The SMILES string of the molecule is CCOC(=O)c1ccc(-[n+]2cc(OCC)on2)cc1. The van der Waals surface area contributed by atoms with Crippen molar-refractivity contribution in [3.05, 3.63) is 36.0 Å². The van der Waals surface area contributed by atoms with Gasteiger partial charge >= 0.3 is 11.9 Å². The number of nitrogens with zero attached hydrogens (tertiary/aromatic N) is 2. The molecule has 0 fully saturated rings. The fourth-order valence-electron chi connectivity index (χ4n) is 1.52. The first-order valence-corrected chi connectivity index (χ1v) is 6.03. The number of ether oxygens (including phenoxy) is 2. The molecular formula is C13H15N2O4+. The lowest BCUT2D eigenvalue weighted by molar-refractivity contribution is -0.670. The maximum atomic E-state index is 11.5. The lowest BCUT2D eigenvalue weighted by Gasteiger charge is -1.99. The molecule has 1 aromatic heterocycles. The van der Waals surface area contributed by atoms with Crippen LogP contribution in [-0.4, -0.2) is 24.5 Å². The third-order valence-corrected chi connectivity index (χ3v) is 2.38. The quantitative estimate of drug-likeness (QED) is 0.604. The van der Waals surface area contributed by atoms with Crippen molar-refractivity contribution in [3.8, 4) is 11.6 Å². The molecule has 6 nitrogen and oxygen atoms in total. The van der Waals surface area contributed by atoms with Gasteiger partial charge in [0.15, 0.2) is 0 Å². The third-order valence-electron chi connectivity index (χ3n) is 2.38. The molecule has 0 bridgehead atoms. The van der Waals surface area contributed by atoms with E-state index in [0.717, 1.165) is 5.69 Å². The van der Waals surface area contributed by atoms with E-state index in [0.29, 0.717) is 24.7 Å². The highest BCUT2D eigenvalue weighted by atomic mass is 16.6. The molecule has 0 radical (unpaired) electrons. The van der Waals surface area contributed by atoms with Gasteiger partial charge in [-0.3, -0.25) is 4.52 Å². The predicted molar refractivity (Wildman–Crippen MR) is 65.2 cm³/mol. The number of benzene rings is 1. The average Bonchev–Trinajstić information content (AvgIpc) is 2.88. The largest absolute Gasteiger partial charge is 0.462 e. The van der Waals surface area contributed by atoms with E-state index < -0.39 is 0 Å². The van der Waals surface area contributed by atoms with Crippen LogP contribution < -0.4 is 9.42 Å². The summed E-state index contributed by atoms with van der Waals surface area (Å²) in [6.45, 7) is 4.50. The summed E-state index contributed by atoms with van der Waals surface area (Å²) < 4.78 is 16.6. The second kappa shape index (κ2) is 5.99. The maximum absolute atomic E-state index is 11.5. The van der Waals surface area contributed by atoms with E-state index in [9.17, 15) is 4.79 Å². The van der Waals surface area contributed by atoms with Crippen molar-refractivity contribution >= 4 is 5.97 Å². The summed E-state index contributed by atoms with van der Waals surface area (Å²) in [5.74, 6) is 0.00572. The molecule has 0 aliphatic carbocycles. The van der Waals surface area contributed by atoms with Crippen LogP contribution in [0.25, 0.3) is 5.69 Å². The number of carbonyl (C=O) groups excluding carboxylic acids is 1. The molecule has 0 aliphatic heterocycles. The first-order chi connectivity index (χ1) is 9.24. The smallest absolute Gasteiger partial charge is 0.383 e. The standard InChI is InChI=1S/C13H15N2O4/c1-3-17-12-9-15(14-19-12)11-7-5-10(6-8-11)13(16)18-4-2/h5-9H,3-4H2,1-2H3/q+1. The molecule has 1 heterocycles. The molecule has 0 aliphatic rings. The molecule has 0 saturated heterocycles. The Kier molecular flexibility index (Phi) is 4.12. The monoisotopic (exact) mass is 263 g/mol. The molecule has 0 unspecified atom stereocenters. The van der Waals surface area contributed by atoms with E-state index in [4.69, 9.17) is 14.0 Å². The molecule has 2 aromatic rings. The van der Waals surface area contributed by atoms with Gasteiger partial charge in [0.2, 0.25) is 11.0 Å². The van der Waals surface area contributed by atoms with Crippen LogP contribution in [-0.2, 0) is 4.74 Å². The Bertz CT molecular complexity index is 548. The normalized spacial score (nSPS) is 10.2. The van der Waals surface area contributed by atoms with Gasteiger partial charge < -0.3 is 9.47 Å². The van der Waals surface area contributed by atoms with Crippen molar-refractivity contribution in [1.82, 2.24) is 5.27 Å². The van der Waals surface area contributed by atoms with Crippen LogP contribution in [0.4, 0.5) is 0 Å². The lowest BCUT2D eigenvalue weighted by atomic mass is 10.2. The van der Waals surface area contributed by atoms with Gasteiger partial charge in [0.25, 0.3) is 6.20 Å². The van der Waals surface area contributed by atoms with Gasteiger partial charge in [-0.1, -0.05) is 0 Å². The first kappa shape index (κ1) is 13.1. The van der Waals surface area contributed by atoms with E-state index in [1.165, 1.54) is 4.68 Å². The Labute approximate surface area is 110 Å². The first-order valence-electron chi connectivity index (χ1n) is 6.03. The van der Waals surface area contributed by atoms with E-state index in [-0.39, 0.29) is 5.97 Å². The molecule has 19 heavy (non-hydrogen) atoms. The summed E-state index contributed by atoms with van der Waals surface area (Å²) in [7, 11) is 0. The Morgan fingerprint density at radius 2 is 2.00 bits per heavy atom. The molecular weight excluding hydrogens is 248 g/mol. The van der Waals surface area contributed by atoms with Crippen molar-refractivity contribution in [2.24, 2.45) is 0 Å². The van der Waals surface area contributed by atoms with E-state index in [2.05, 4.69) is 5.27 Å². The summed E-state index contributed by atoms with van der Waals surface area (Å²) in [5.41, 5.74) is 1.27. The third kappa shape index (κ3) is 3.09. The molecule has 2 rings (SSSR count). The van der Waals surface area contributed by atoms with Crippen molar-refractivity contribution in [3.63, 3.8) is 0 Å². The zero-order chi connectivity index (χ0) is 13.7. The molecule has 0 atom stereocenters. The Balaban J connectivity index is 2.15. The summed E-state index contributed by atoms with van der Waals surface area (Å²) >= 11 is 0. The topological polar surface area (TPSA) is 65.4 Å². The fraction of sp³-hybridized carbons (Fsp3) is 0.308. The molecule has 0 saturated carbocycles. The number of esters is 1. The van der Waals surface area contributed by atoms with Crippen LogP contribution in [0.2, 0.25) is 0 Å². The van der Waals surface area contributed by atoms with Crippen molar-refractivity contribution in [2.75, 3.05) is 13.2 Å². The molecule has 1 aromatic carbocycles.